The number of carbonyl (C=O) groups excluding carboxylic acids is 3. The summed E-state index contributed by atoms with van der Waals surface area (Å²) in [7, 11) is -2.34. The number of esters is 1. The number of nitrogens with two attached hydrogens (primary N) is 1. The zero-order chi connectivity index (χ0) is 39.3. The van der Waals surface area contributed by atoms with Crippen LogP contribution >= 0.6 is 0 Å². The van der Waals surface area contributed by atoms with Gasteiger partial charge in [0.25, 0.3) is 12.2 Å². The van der Waals surface area contributed by atoms with Gasteiger partial charge < -0.3 is 25.3 Å². The minimum atomic E-state index is -3.65. The normalized spacial score (nSPS) is 12.7. The van der Waals surface area contributed by atoms with Crippen molar-refractivity contribution in [1.82, 2.24) is 14.6 Å². The standard InChI is InChI=1S/C38H41FN6O8S/c1-22(2)34(40)35(47)52-36(23(3)4)53-38(48)45(30-17-16-29(54(6,49)50)20-31(30)51-5)37-42-32-18-11-26(21-44(32)43-37)25-9-14-28(15-10-25)41-33(46)19-24-7-12-27(39)13-8-24/h7-18,20-23,34,36H,19,40H2,1-6H3,(H,41,46). The average molecular weight is 761 g/mol. The van der Waals surface area contributed by atoms with Gasteiger partial charge in [0.15, 0.2) is 15.5 Å². The molecule has 2 aromatic heterocycles. The molecular weight excluding hydrogens is 720 g/mol. The van der Waals surface area contributed by atoms with Gasteiger partial charge in [-0.05, 0) is 65.6 Å². The van der Waals surface area contributed by atoms with Gasteiger partial charge in [-0.2, -0.15) is 4.98 Å². The van der Waals surface area contributed by atoms with Gasteiger partial charge in [0.1, 0.15) is 17.6 Å². The van der Waals surface area contributed by atoms with E-state index < -0.39 is 40.1 Å². The zero-order valence-corrected chi connectivity index (χ0v) is 31.3. The number of halogens is 1. The van der Waals surface area contributed by atoms with Crippen molar-refractivity contribution >= 4 is 50.8 Å². The molecule has 14 nitrogen and oxygen atoms in total. The number of anilines is 3. The summed E-state index contributed by atoms with van der Waals surface area (Å²) in [5, 5.41) is 7.39. The van der Waals surface area contributed by atoms with Crippen molar-refractivity contribution in [2.75, 3.05) is 23.6 Å². The van der Waals surface area contributed by atoms with E-state index in [0.717, 1.165) is 22.3 Å². The molecule has 5 rings (SSSR count). The summed E-state index contributed by atoms with van der Waals surface area (Å²) in [5.41, 5.74) is 9.12. The van der Waals surface area contributed by atoms with Crippen molar-refractivity contribution in [2.24, 2.45) is 17.6 Å². The van der Waals surface area contributed by atoms with E-state index in [1.165, 1.54) is 42.0 Å². The molecule has 0 fully saturated rings. The Morgan fingerprint density at radius 2 is 1.57 bits per heavy atom. The molecule has 3 N–H and O–H groups in total. The van der Waals surface area contributed by atoms with Gasteiger partial charge in [-0.3, -0.25) is 9.59 Å². The quantitative estimate of drug-likeness (QED) is 0.107. The minimum Gasteiger partial charge on any atom is -0.495 e. The second kappa shape index (κ2) is 16.4. The lowest BCUT2D eigenvalue weighted by molar-refractivity contribution is -0.177. The van der Waals surface area contributed by atoms with Crippen LogP contribution in [0, 0.1) is 17.7 Å². The van der Waals surface area contributed by atoms with E-state index >= 15 is 0 Å². The number of amides is 2. The van der Waals surface area contributed by atoms with Crippen molar-refractivity contribution in [2.45, 2.75) is 51.3 Å². The van der Waals surface area contributed by atoms with Crippen molar-refractivity contribution in [3.8, 4) is 16.9 Å². The number of aromatic nitrogens is 3. The molecule has 0 radical (unpaired) electrons. The number of methoxy groups -OCH3 is 1. The highest BCUT2D eigenvalue weighted by Gasteiger charge is 2.33. The molecule has 5 aromatic rings. The van der Waals surface area contributed by atoms with E-state index in [-0.39, 0.29) is 46.3 Å². The summed E-state index contributed by atoms with van der Waals surface area (Å²) < 4.78 is 56.1. The van der Waals surface area contributed by atoms with Crippen LogP contribution in [0.2, 0.25) is 0 Å². The van der Waals surface area contributed by atoms with E-state index in [9.17, 15) is 27.2 Å². The Labute approximate surface area is 312 Å². The Morgan fingerprint density at radius 3 is 2.19 bits per heavy atom. The number of hydrogen-bond acceptors (Lipinski definition) is 11. The van der Waals surface area contributed by atoms with Crippen LogP contribution in [0.15, 0.2) is 90.0 Å². The molecule has 2 atom stereocenters. The Hall–Kier alpha value is -5.87. The van der Waals surface area contributed by atoms with E-state index in [1.54, 1.807) is 70.3 Å². The van der Waals surface area contributed by atoms with Crippen LogP contribution in [-0.4, -0.2) is 66.7 Å². The fourth-order valence-electron chi connectivity index (χ4n) is 5.15. The van der Waals surface area contributed by atoms with Gasteiger partial charge in [0.05, 0.1) is 24.1 Å². The van der Waals surface area contributed by atoms with Gasteiger partial charge in [0, 0.05) is 35.7 Å². The van der Waals surface area contributed by atoms with Gasteiger partial charge in [-0.1, -0.05) is 52.0 Å². The maximum atomic E-state index is 14.1. The van der Waals surface area contributed by atoms with Crippen LogP contribution in [0.25, 0.3) is 16.8 Å². The van der Waals surface area contributed by atoms with Gasteiger partial charge in [-0.25, -0.2) is 27.0 Å². The molecule has 284 valence electrons. The number of sulfone groups is 1. The second-order valence-electron chi connectivity index (χ2n) is 13.2. The molecule has 0 aliphatic carbocycles. The first-order chi connectivity index (χ1) is 25.5. The zero-order valence-electron chi connectivity index (χ0n) is 30.5. The summed E-state index contributed by atoms with van der Waals surface area (Å²) in [4.78, 5) is 44.8. The van der Waals surface area contributed by atoms with Crippen LogP contribution in [0.4, 0.5) is 26.5 Å². The minimum absolute atomic E-state index is 0.000751. The SMILES string of the molecule is COc1cc(S(C)(=O)=O)ccc1N(C(=O)OC(OC(=O)C(N)C(C)C)C(C)C)c1nc2ccc(-c3ccc(NC(=O)Cc4ccc(F)cc4)cc3)cn2n1. The maximum Gasteiger partial charge on any atom is 0.424 e. The molecule has 2 unspecified atom stereocenters. The number of hydrogen-bond donors (Lipinski definition) is 2. The van der Waals surface area contributed by atoms with E-state index in [4.69, 9.17) is 19.9 Å². The summed E-state index contributed by atoms with van der Waals surface area (Å²) >= 11 is 0. The fourth-order valence-corrected chi connectivity index (χ4v) is 5.79. The molecule has 16 heteroatoms. The van der Waals surface area contributed by atoms with Crippen molar-refractivity contribution in [1.29, 1.82) is 0 Å². The van der Waals surface area contributed by atoms with Crippen LogP contribution in [-0.2, 0) is 35.3 Å². The number of ether oxygens (including phenoxy) is 3. The molecule has 0 aliphatic rings. The summed E-state index contributed by atoms with van der Waals surface area (Å²) in [6, 6.07) is 19.3. The number of fused-ring (bicyclic) bond motifs is 1. The van der Waals surface area contributed by atoms with Crippen LogP contribution < -0.4 is 20.7 Å². The number of carbonyl (C=O) groups is 3. The molecular formula is C38H41FN6O8S. The molecule has 3 aromatic carbocycles. The smallest absolute Gasteiger partial charge is 0.424 e. The first-order valence-electron chi connectivity index (χ1n) is 16.9. The number of nitrogens with zero attached hydrogens (tertiary/aromatic N) is 4. The molecule has 0 aliphatic heterocycles. The van der Waals surface area contributed by atoms with Crippen molar-refractivity contribution < 1.29 is 41.4 Å². The van der Waals surface area contributed by atoms with E-state index in [2.05, 4.69) is 15.4 Å². The number of pyridine rings is 1. The lowest BCUT2D eigenvalue weighted by Gasteiger charge is -2.27. The van der Waals surface area contributed by atoms with Crippen molar-refractivity contribution in [3.05, 3.63) is 96.4 Å². The Morgan fingerprint density at radius 1 is 0.907 bits per heavy atom. The maximum absolute atomic E-state index is 14.1. The number of benzene rings is 3. The third-order valence-electron chi connectivity index (χ3n) is 8.29. The Bertz CT molecular complexity index is 2260. The lowest BCUT2D eigenvalue weighted by atomic mass is 10.1. The molecule has 0 bridgehead atoms. The average Bonchev–Trinajstić information content (AvgIpc) is 3.54. The first-order valence-corrected chi connectivity index (χ1v) is 18.8. The molecule has 0 spiro atoms. The summed E-state index contributed by atoms with van der Waals surface area (Å²) in [5.74, 6) is -2.27. The largest absolute Gasteiger partial charge is 0.495 e. The molecule has 2 heterocycles. The molecule has 0 saturated carbocycles. The Balaban J connectivity index is 1.45. The number of nitrogens with one attached hydrogen (secondary N) is 1. The topological polar surface area (TPSA) is 185 Å². The van der Waals surface area contributed by atoms with Gasteiger partial charge in [-0.15, -0.1) is 5.10 Å². The second-order valence-corrected chi connectivity index (χ2v) is 15.2. The third-order valence-corrected chi connectivity index (χ3v) is 9.40. The summed E-state index contributed by atoms with van der Waals surface area (Å²) in [6.07, 6.45) is 0.420. The summed E-state index contributed by atoms with van der Waals surface area (Å²) in [6.45, 7) is 6.89. The predicted octanol–water partition coefficient (Wildman–Crippen LogP) is 5.91. The first kappa shape index (κ1) is 39.3. The highest BCUT2D eigenvalue weighted by molar-refractivity contribution is 7.90. The molecule has 54 heavy (non-hydrogen) atoms. The Kier molecular flexibility index (Phi) is 12.0. The predicted molar refractivity (Wildman–Crippen MR) is 199 cm³/mol. The van der Waals surface area contributed by atoms with Gasteiger partial charge in [0.2, 0.25) is 5.91 Å². The molecule has 2 amide bonds. The third kappa shape index (κ3) is 9.37. The fraction of sp³-hybridized carbons (Fsp3) is 0.289. The van der Waals surface area contributed by atoms with E-state index in [1.807, 2.05) is 12.1 Å². The van der Waals surface area contributed by atoms with Crippen molar-refractivity contribution in [3.63, 3.8) is 0 Å². The van der Waals surface area contributed by atoms with Crippen LogP contribution in [0.5, 0.6) is 5.75 Å². The highest BCUT2D eigenvalue weighted by atomic mass is 32.2. The van der Waals surface area contributed by atoms with E-state index in [0.29, 0.717) is 16.9 Å². The number of rotatable bonds is 13. The highest BCUT2D eigenvalue weighted by Crippen LogP contribution is 2.36. The monoisotopic (exact) mass is 760 g/mol. The van der Waals surface area contributed by atoms with Crippen LogP contribution in [0.3, 0.4) is 0 Å². The molecule has 0 saturated heterocycles. The van der Waals surface area contributed by atoms with Gasteiger partial charge >= 0.3 is 12.1 Å². The lowest BCUT2D eigenvalue weighted by Crippen LogP contribution is -2.42. The van der Waals surface area contributed by atoms with Crippen LogP contribution in [0.1, 0.15) is 33.3 Å².